The highest BCUT2D eigenvalue weighted by molar-refractivity contribution is 14.0. The Morgan fingerprint density at radius 1 is 1.15 bits per heavy atom. The molecule has 1 N–H and O–H groups in total. The maximum Gasteiger partial charge on any atom is 0.193 e. The Morgan fingerprint density at radius 2 is 1.96 bits per heavy atom. The van der Waals surface area contributed by atoms with Crippen LogP contribution in [0.4, 0.5) is 0 Å². The minimum Gasteiger partial charge on any atom is -0.356 e. The van der Waals surface area contributed by atoms with E-state index in [2.05, 4.69) is 55.7 Å². The average Bonchev–Trinajstić information content (AvgIpc) is 3.34. The number of hydrogen-bond acceptors (Lipinski definition) is 3. The Morgan fingerprint density at radius 3 is 2.78 bits per heavy atom. The van der Waals surface area contributed by atoms with Crippen LogP contribution in [0, 0.1) is 0 Å². The molecule has 1 unspecified atom stereocenters. The van der Waals surface area contributed by atoms with Crippen molar-refractivity contribution in [2.24, 2.45) is 4.99 Å². The van der Waals surface area contributed by atoms with Gasteiger partial charge in [0.2, 0.25) is 0 Å². The third-order valence-electron chi connectivity index (χ3n) is 4.99. The minimum absolute atomic E-state index is 0. The van der Waals surface area contributed by atoms with Crippen molar-refractivity contribution in [2.45, 2.75) is 18.8 Å². The standard InChI is InChI=1S/C20H24N6.HI/c1-21-20(25-14-11-17(15-25)16-7-3-2-4-8-16)22-12-10-19-24-23-18-9-5-6-13-26(18)19;/h2-9,13,17H,10-12,14-15H2,1H3,(H,21,22);1H. The summed E-state index contributed by atoms with van der Waals surface area (Å²) in [5.74, 6) is 2.51. The number of rotatable bonds is 4. The molecular weight excluding hydrogens is 451 g/mol. The number of guanidine groups is 1. The number of aliphatic imine (C=N–C) groups is 1. The smallest absolute Gasteiger partial charge is 0.193 e. The van der Waals surface area contributed by atoms with Gasteiger partial charge in [0.25, 0.3) is 0 Å². The fraction of sp³-hybridized carbons (Fsp3) is 0.350. The summed E-state index contributed by atoms with van der Waals surface area (Å²) < 4.78 is 2.03. The third kappa shape index (κ3) is 4.40. The van der Waals surface area contributed by atoms with Crippen LogP contribution in [0.5, 0.6) is 0 Å². The molecule has 2 aromatic heterocycles. The van der Waals surface area contributed by atoms with E-state index in [0.717, 1.165) is 43.5 Å². The predicted molar refractivity (Wildman–Crippen MR) is 119 cm³/mol. The second-order valence-corrected chi connectivity index (χ2v) is 6.61. The lowest BCUT2D eigenvalue weighted by molar-refractivity contribution is 0.486. The zero-order valence-electron chi connectivity index (χ0n) is 15.5. The van der Waals surface area contributed by atoms with Gasteiger partial charge in [0.1, 0.15) is 5.82 Å². The van der Waals surface area contributed by atoms with Crippen LogP contribution < -0.4 is 5.32 Å². The quantitative estimate of drug-likeness (QED) is 0.358. The van der Waals surface area contributed by atoms with Gasteiger partial charge >= 0.3 is 0 Å². The van der Waals surface area contributed by atoms with Gasteiger partial charge < -0.3 is 10.2 Å². The number of aromatic nitrogens is 3. The molecule has 142 valence electrons. The molecule has 1 aliphatic rings. The average molecular weight is 476 g/mol. The molecule has 1 fully saturated rings. The summed E-state index contributed by atoms with van der Waals surface area (Å²) in [6.07, 6.45) is 3.98. The predicted octanol–water partition coefficient (Wildman–Crippen LogP) is 2.95. The minimum atomic E-state index is 0. The van der Waals surface area contributed by atoms with Crippen LogP contribution in [0.25, 0.3) is 5.65 Å². The van der Waals surface area contributed by atoms with Crippen molar-refractivity contribution >= 4 is 35.6 Å². The summed E-state index contributed by atoms with van der Waals surface area (Å²) in [5.41, 5.74) is 2.30. The van der Waals surface area contributed by atoms with E-state index < -0.39 is 0 Å². The fourth-order valence-electron chi connectivity index (χ4n) is 3.63. The van der Waals surface area contributed by atoms with Crippen molar-refractivity contribution in [2.75, 3.05) is 26.7 Å². The summed E-state index contributed by atoms with van der Waals surface area (Å²) in [6.45, 7) is 2.83. The summed E-state index contributed by atoms with van der Waals surface area (Å²) in [6, 6.07) is 16.7. The van der Waals surface area contributed by atoms with Gasteiger partial charge in [-0.15, -0.1) is 34.2 Å². The number of benzene rings is 1. The fourth-order valence-corrected chi connectivity index (χ4v) is 3.63. The number of nitrogens with zero attached hydrogens (tertiary/aromatic N) is 5. The SMILES string of the molecule is CN=C(NCCc1nnc2ccccn12)N1CCC(c2ccccc2)C1.I. The zero-order chi connectivity index (χ0) is 17.8. The monoisotopic (exact) mass is 476 g/mol. The van der Waals surface area contributed by atoms with Crippen molar-refractivity contribution in [1.29, 1.82) is 0 Å². The van der Waals surface area contributed by atoms with Crippen LogP contribution in [0.2, 0.25) is 0 Å². The molecule has 0 aliphatic carbocycles. The van der Waals surface area contributed by atoms with E-state index in [1.165, 1.54) is 12.0 Å². The van der Waals surface area contributed by atoms with E-state index in [-0.39, 0.29) is 24.0 Å². The molecule has 0 amide bonds. The van der Waals surface area contributed by atoms with Gasteiger partial charge in [-0.1, -0.05) is 36.4 Å². The highest BCUT2D eigenvalue weighted by atomic mass is 127. The summed E-state index contributed by atoms with van der Waals surface area (Å²) in [5, 5.41) is 12.0. The summed E-state index contributed by atoms with van der Waals surface area (Å²) in [4.78, 5) is 6.81. The van der Waals surface area contributed by atoms with E-state index in [1.54, 1.807) is 0 Å². The van der Waals surface area contributed by atoms with Crippen LogP contribution >= 0.6 is 24.0 Å². The lowest BCUT2D eigenvalue weighted by Gasteiger charge is -2.21. The maximum atomic E-state index is 4.47. The van der Waals surface area contributed by atoms with E-state index in [4.69, 9.17) is 0 Å². The largest absolute Gasteiger partial charge is 0.356 e. The van der Waals surface area contributed by atoms with E-state index in [0.29, 0.717) is 5.92 Å². The molecule has 7 heteroatoms. The second-order valence-electron chi connectivity index (χ2n) is 6.61. The lowest BCUT2D eigenvalue weighted by Crippen LogP contribution is -2.40. The Kier molecular flexibility index (Phi) is 6.65. The van der Waals surface area contributed by atoms with Gasteiger partial charge in [-0.25, -0.2) is 0 Å². The van der Waals surface area contributed by atoms with Crippen molar-refractivity contribution < 1.29 is 0 Å². The lowest BCUT2D eigenvalue weighted by atomic mass is 9.99. The Labute approximate surface area is 176 Å². The number of halogens is 1. The number of nitrogens with one attached hydrogen (secondary N) is 1. The number of hydrogen-bond donors (Lipinski definition) is 1. The highest BCUT2D eigenvalue weighted by Gasteiger charge is 2.25. The highest BCUT2D eigenvalue weighted by Crippen LogP contribution is 2.26. The molecule has 0 bridgehead atoms. The number of pyridine rings is 1. The van der Waals surface area contributed by atoms with Crippen LogP contribution in [0.1, 0.15) is 23.7 Å². The molecule has 1 atom stereocenters. The van der Waals surface area contributed by atoms with Crippen LogP contribution in [0.15, 0.2) is 59.7 Å². The first-order chi connectivity index (χ1) is 12.8. The van der Waals surface area contributed by atoms with Gasteiger partial charge in [-0.2, -0.15) is 0 Å². The Balaban J connectivity index is 0.00000210. The van der Waals surface area contributed by atoms with Gasteiger partial charge in [-0.05, 0) is 24.1 Å². The van der Waals surface area contributed by atoms with Gasteiger partial charge in [0, 0.05) is 45.2 Å². The first kappa shape index (κ1) is 19.6. The van der Waals surface area contributed by atoms with E-state index in [9.17, 15) is 0 Å². The topological polar surface area (TPSA) is 57.8 Å². The van der Waals surface area contributed by atoms with E-state index >= 15 is 0 Å². The summed E-state index contributed by atoms with van der Waals surface area (Å²) >= 11 is 0. The molecule has 3 aromatic rings. The Bertz CT molecular complexity index is 892. The molecule has 0 spiro atoms. The number of fused-ring (bicyclic) bond motifs is 1. The molecule has 27 heavy (non-hydrogen) atoms. The maximum absolute atomic E-state index is 4.47. The molecule has 0 saturated carbocycles. The van der Waals surface area contributed by atoms with Crippen LogP contribution in [0.3, 0.4) is 0 Å². The first-order valence-corrected chi connectivity index (χ1v) is 9.14. The first-order valence-electron chi connectivity index (χ1n) is 9.14. The van der Waals surface area contributed by atoms with Crippen LogP contribution in [-0.4, -0.2) is 52.1 Å². The van der Waals surface area contributed by atoms with Crippen molar-refractivity contribution in [3.8, 4) is 0 Å². The Hall–Kier alpha value is -2.16. The van der Waals surface area contributed by atoms with Gasteiger partial charge in [-0.3, -0.25) is 9.39 Å². The van der Waals surface area contributed by atoms with E-state index in [1.807, 2.05) is 35.8 Å². The van der Waals surface area contributed by atoms with Crippen molar-refractivity contribution in [1.82, 2.24) is 24.8 Å². The second kappa shape index (κ2) is 9.16. The van der Waals surface area contributed by atoms with Gasteiger partial charge in [0.05, 0.1) is 0 Å². The van der Waals surface area contributed by atoms with Crippen molar-refractivity contribution in [3.05, 3.63) is 66.1 Å². The van der Waals surface area contributed by atoms with Crippen LogP contribution in [-0.2, 0) is 6.42 Å². The third-order valence-corrected chi connectivity index (χ3v) is 4.99. The normalized spacial score (nSPS) is 17.1. The molecule has 0 radical (unpaired) electrons. The molecule has 3 heterocycles. The molecule has 1 saturated heterocycles. The molecule has 1 aromatic carbocycles. The molecular formula is C20H25IN6. The summed E-state index contributed by atoms with van der Waals surface area (Å²) in [7, 11) is 1.85. The molecule has 6 nitrogen and oxygen atoms in total. The molecule has 4 rings (SSSR count). The van der Waals surface area contributed by atoms with Crippen molar-refractivity contribution in [3.63, 3.8) is 0 Å². The van der Waals surface area contributed by atoms with Gasteiger partial charge in [0.15, 0.2) is 11.6 Å². The molecule has 1 aliphatic heterocycles. The number of likely N-dealkylation sites (tertiary alicyclic amines) is 1. The zero-order valence-corrected chi connectivity index (χ0v) is 17.8.